The summed E-state index contributed by atoms with van der Waals surface area (Å²) in [5.74, 6) is -0.0569. The SMILES string of the molecule is Cc1ccc(NC(=O)C2CC(c3ccc(Cl)cc3)NN2)c(Br)c1. The van der Waals surface area contributed by atoms with Crippen LogP contribution < -0.4 is 16.2 Å². The van der Waals surface area contributed by atoms with Gasteiger partial charge in [0.2, 0.25) is 5.91 Å². The number of benzene rings is 2. The van der Waals surface area contributed by atoms with Crippen molar-refractivity contribution in [3.8, 4) is 0 Å². The second-order valence-corrected chi connectivity index (χ2v) is 6.94. The summed E-state index contributed by atoms with van der Waals surface area (Å²) in [6.45, 7) is 2.01. The summed E-state index contributed by atoms with van der Waals surface area (Å²) < 4.78 is 0.881. The Morgan fingerprint density at radius 2 is 1.96 bits per heavy atom. The number of carbonyl (C=O) groups excluding carboxylic acids is 1. The second-order valence-electron chi connectivity index (χ2n) is 5.65. The summed E-state index contributed by atoms with van der Waals surface area (Å²) in [6, 6.07) is 13.3. The summed E-state index contributed by atoms with van der Waals surface area (Å²) in [7, 11) is 0. The molecule has 0 saturated carbocycles. The van der Waals surface area contributed by atoms with Gasteiger partial charge < -0.3 is 5.32 Å². The van der Waals surface area contributed by atoms with E-state index in [1.807, 2.05) is 49.4 Å². The van der Waals surface area contributed by atoms with E-state index in [9.17, 15) is 4.79 Å². The minimum Gasteiger partial charge on any atom is -0.324 e. The molecule has 2 unspecified atom stereocenters. The monoisotopic (exact) mass is 393 g/mol. The summed E-state index contributed by atoms with van der Waals surface area (Å²) in [4.78, 5) is 12.4. The van der Waals surface area contributed by atoms with E-state index >= 15 is 0 Å². The van der Waals surface area contributed by atoms with Crippen molar-refractivity contribution in [2.75, 3.05) is 5.32 Å². The summed E-state index contributed by atoms with van der Waals surface area (Å²) in [5, 5.41) is 3.66. The number of hydrogen-bond donors (Lipinski definition) is 3. The third kappa shape index (κ3) is 3.93. The first-order valence-electron chi connectivity index (χ1n) is 7.36. The van der Waals surface area contributed by atoms with Gasteiger partial charge in [0.15, 0.2) is 0 Å². The van der Waals surface area contributed by atoms with Crippen LogP contribution >= 0.6 is 27.5 Å². The first-order chi connectivity index (χ1) is 11.0. The number of carbonyl (C=O) groups is 1. The third-order valence-electron chi connectivity index (χ3n) is 3.87. The van der Waals surface area contributed by atoms with Gasteiger partial charge >= 0.3 is 0 Å². The quantitative estimate of drug-likeness (QED) is 0.738. The molecule has 1 fully saturated rings. The zero-order valence-corrected chi connectivity index (χ0v) is 14.9. The third-order valence-corrected chi connectivity index (χ3v) is 4.78. The highest BCUT2D eigenvalue weighted by Gasteiger charge is 2.30. The lowest BCUT2D eigenvalue weighted by atomic mass is 10.0. The van der Waals surface area contributed by atoms with Gasteiger partial charge in [0.05, 0.1) is 5.69 Å². The highest BCUT2D eigenvalue weighted by molar-refractivity contribution is 9.10. The van der Waals surface area contributed by atoms with E-state index < -0.39 is 0 Å². The molecule has 1 heterocycles. The molecule has 6 heteroatoms. The van der Waals surface area contributed by atoms with Crippen LogP contribution in [-0.2, 0) is 4.79 Å². The number of hydrazine groups is 1. The molecule has 1 aliphatic heterocycles. The Morgan fingerprint density at radius 1 is 1.22 bits per heavy atom. The number of hydrogen-bond acceptors (Lipinski definition) is 3. The molecule has 1 saturated heterocycles. The van der Waals surface area contributed by atoms with Crippen LogP contribution in [-0.4, -0.2) is 11.9 Å². The van der Waals surface area contributed by atoms with Crippen LogP contribution in [0, 0.1) is 6.92 Å². The second kappa shape index (κ2) is 7.01. The van der Waals surface area contributed by atoms with E-state index in [0.29, 0.717) is 11.4 Å². The number of anilines is 1. The van der Waals surface area contributed by atoms with Gasteiger partial charge in [-0.25, -0.2) is 10.9 Å². The molecule has 23 heavy (non-hydrogen) atoms. The first kappa shape index (κ1) is 16.5. The summed E-state index contributed by atoms with van der Waals surface area (Å²) in [6.07, 6.45) is 0.678. The van der Waals surface area contributed by atoms with Crippen molar-refractivity contribution in [2.24, 2.45) is 0 Å². The molecule has 2 aromatic carbocycles. The predicted octanol–water partition coefficient (Wildman–Crippen LogP) is 3.96. The van der Waals surface area contributed by atoms with Crippen LogP contribution in [0.3, 0.4) is 0 Å². The summed E-state index contributed by atoms with van der Waals surface area (Å²) >= 11 is 9.39. The number of nitrogens with one attached hydrogen (secondary N) is 3. The highest BCUT2D eigenvalue weighted by Crippen LogP contribution is 2.26. The van der Waals surface area contributed by atoms with Crippen LogP contribution in [0.25, 0.3) is 0 Å². The van der Waals surface area contributed by atoms with Gasteiger partial charge in [0.25, 0.3) is 0 Å². The zero-order valence-electron chi connectivity index (χ0n) is 12.6. The molecule has 0 bridgehead atoms. The van der Waals surface area contributed by atoms with Crippen LogP contribution in [0.1, 0.15) is 23.6 Å². The Bertz CT molecular complexity index is 720. The maximum absolute atomic E-state index is 12.4. The van der Waals surface area contributed by atoms with Crippen molar-refractivity contribution < 1.29 is 4.79 Å². The molecule has 4 nitrogen and oxygen atoms in total. The minimum absolute atomic E-state index is 0.0569. The molecule has 0 aromatic heterocycles. The van der Waals surface area contributed by atoms with Crippen molar-refractivity contribution >= 4 is 39.1 Å². The number of aryl methyl sites for hydroxylation is 1. The molecule has 0 spiro atoms. The van der Waals surface area contributed by atoms with Crippen molar-refractivity contribution in [2.45, 2.75) is 25.4 Å². The van der Waals surface area contributed by atoms with E-state index in [0.717, 1.165) is 21.3 Å². The Hall–Kier alpha value is -1.40. The highest BCUT2D eigenvalue weighted by atomic mass is 79.9. The van der Waals surface area contributed by atoms with Crippen LogP contribution in [0.2, 0.25) is 5.02 Å². The van der Waals surface area contributed by atoms with E-state index in [4.69, 9.17) is 11.6 Å². The average molecular weight is 395 g/mol. The van der Waals surface area contributed by atoms with Gasteiger partial charge in [0.1, 0.15) is 6.04 Å². The summed E-state index contributed by atoms with van der Waals surface area (Å²) in [5.41, 5.74) is 9.25. The molecule has 2 aromatic rings. The van der Waals surface area contributed by atoms with Gasteiger partial charge in [-0.2, -0.15) is 0 Å². The van der Waals surface area contributed by atoms with Gasteiger partial charge in [0, 0.05) is 15.5 Å². The molecule has 3 N–H and O–H groups in total. The zero-order chi connectivity index (χ0) is 16.4. The molecule has 120 valence electrons. The van der Waals surface area contributed by atoms with Crippen LogP contribution in [0.5, 0.6) is 0 Å². The average Bonchev–Trinajstić information content (AvgIpc) is 3.01. The Labute approximate surface area is 148 Å². The Kier molecular flexibility index (Phi) is 5.02. The standard InChI is InChI=1S/C17H17BrClN3O/c1-10-2-7-14(13(18)8-10)20-17(23)16-9-15(21-22-16)11-3-5-12(19)6-4-11/h2-8,15-16,21-22H,9H2,1H3,(H,20,23). The Morgan fingerprint density at radius 3 is 2.65 bits per heavy atom. The maximum atomic E-state index is 12.4. The van der Waals surface area contributed by atoms with Crippen molar-refractivity contribution in [3.05, 3.63) is 63.1 Å². The van der Waals surface area contributed by atoms with Crippen molar-refractivity contribution in [1.82, 2.24) is 10.9 Å². The number of amides is 1. The molecular weight excluding hydrogens is 378 g/mol. The minimum atomic E-state index is -0.288. The maximum Gasteiger partial charge on any atom is 0.242 e. The lowest BCUT2D eigenvalue weighted by Gasteiger charge is -2.12. The fourth-order valence-electron chi connectivity index (χ4n) is 2.58. The molecule has 0 radical (unpaired) electrons. The smallest absolute Gasteiger partial charge is 0.242 e. The van der Waals surface area contributed by atoms with Crippen LogP contribution in [0.15, 0.2) is 46.9 Å². The lowest BCUT2D eigenvalue weighted by Crippen LogP contribution is -2.39. The Balaban J connectivity index is 1.64. The predicted molar refractivity (Wildman–Crippen MR) is 96.4 cm³/mol. The topological polar surface area (TPSA) is 53.2 Å². The largest absolute Gasteiger partial charge is 0.324 e. The van der Waals surface area contributed by atoms with Crippen molar-refractivity contribution in [1.29, 1.82) is 0 Å². The van der Waals surface area contributed by atoms with E-state index in [1.165, 1.54) is 0 Å². The normalized spacial score (nSPS) is 20.5. The number of rotatable bonds is 3. The van der Waals surface area contributed by atoms with Crippen LogP contribution in [0.4, 0.5) is 5.69 Å². The van der Waals surface area contributed by atoms with Gasteiger partial charge in [-0.15, -0.1) is 0 Å². The fourth-order valence-corrected chi connectivity index (χ4v) is 3.30. The van der Waals surface area contributed by atoms with E-state index in [1.54, 1.807) is 0 Å². The molecule has 1 amide bonds. The van der Waals surface area contributed by atoms with Crippen molar-refractivity contribution in [3.63, 3.8) is 0 Å². The van der Waals surface area contributed by atoms with E-state index in [-0.39, 0.29) is 18.0 Å². The van der Waals surface area contributed by atoms with Gasteiger partial charge in [-0.3, -0.25) is 4.79 Å². The van der Waals surface area contributed by atoms with Gasteiger partial charge in [-0.1, -0.05) is 29.8 Å². The molecule has 3 rings (SSSR count). The lowest BCUT2D eigenvalue weighted by molar-refractivity contribution is -0.117. The fraction of sp³-hybridized carbons (Fsp3) is 0.235. The first-order valence-corrected chi connectivity index (χ1v) is 8.53. The molecular formula is C17H17BrClN3O. The molecule has 0 aliphatic carbocycles. The number of halogens is 2. The van der Waals surface area contributed by atoms with Gasteiger partial charge in [-0.05, 0) is 64.7 Å². The van der Waals surface area contributed by atoms with E-state index in [2.05, 4.69) is 32.1 Å². The molecule has 2 atom stereocenters. The molecule has 1 aliphatic rings.